The first-order valence-electron chi connectivity index (χ1n) is 6.24. The summed E-state index contributed by atoms with van der Waals surface area (Å²) in [5, 5.41) is 3.37. The average Bonchev–Trinajstić information content (AvgIpc) is 2.41. The molecule has 0 bridgehead atoms. The van der Waals surface area contributed by atoms with E-state index in [0.717, 1.165) is 29.9 Å². The molecule has 0 aromatic heterocycles. The number of nitrogens with one attached hydrogen (secondary N) is 1. The zero-order valence-electron chi connectivity index (χ0n) is 10.2. The Kier molecular flexibility index (Phi) is 2.77. The molecule has 0 radical (unpaired) electrons. The van der Waals surface area contributed by atoms with Crippen LogP contribution in [0.4, 0.5) is 17.1 Å². The van der Waals surface area contributed by atoms with Crippen molar-refractivity contribution < 1.29 is 0 Å². The van der Waals surface area contributed by atoms with Crippen LogP contribution in [0.5, 0.6) is 0 Å². The van der Waals surface area contributed by atoms with Gasteiger partial charge in [-0.15, -0.1) is 0 Å². The first-order valence-corrected chi connectivity index (χ1v) is 6.24. The van der Waals surface area contributed by atoms with Crippen LogP contribution in [-0.4, -0.2) is 0 Å². The third-order valence-electron chi connectivity index (χ3n) is 3.26. The number of hydrogen-bond donors (Lipinski definition) is 2. The van der Waals surface area contributed by atoms with E-state index < -0.39 is 0 Å². The number of nitrogens with two attached hydrogens (primary N) is 1. The van der Waals surface area contributed by atoms with Gasteiger partial charge in [-0.3, -0.25) is 0 Å². The lowest BCUT2D eigenvalue weighted by Crippen LogP contribution is -1.99. The molecule has 18 heavy (non-hydrogen) atoms. The number of anilines is 3. The van der Waals surface area contributed by atoms with Gasteiger partial charge in [0.15, 0.2) is 0 Å². The molecule has 0 saturated heterocycles. The van der Waals surface area contributed by atoms with Gasteiger partial charge in [-0.1, -0.05) is 30.4 Å². The summed E-state index contributed by atoms with van der Waals surface area (Å²) >= 11 is 0. The monoisotopic (exact) mass is 236 g/mol. The molecule has 0 spiro atoms. The van der Waals surface area contributed by atoms with Crippen LogP contribution in [-0.2, 0) is 6.42 Å². The smallest absolute Gasteiger partial charge is 0.0617 e. The molecule has 2 aromatic carbocycles. The van der Waals surface area contributed by atoms with Crippen molar-refractivity contribution in [3.63, 3.8) is 0 Å². The lowest BCUT2D eigenvalue weighted by molar-refractivity contribution is 0.986. The van der Waals surface area contributed by atoms with Gasteiger partial charge >= 0.3 is 0 Å². The Bertz CT molecular complexity index is 600. The molecule has 3 N–H and O–H groups in total. The van der Waals surface area contributed by atoms with E-state index in [2.05, 4.69) is 35.7 Å². The standard InChI is InChI=1S/C16H16N2/c17-15-7-3-4-8-16(15)18-14-10-9-12-5-1-2-6-13(12)11-14/h1,3-5,7-11,18H,2,6,17H2. The van der Waals surface area contributed by atoms with Gasteiger partial charge in [-0.2, -0.15) is 0 Å². The first-order chi connectivity index (χ1) is 8.83. The second-order valence-corrected chi connectivity index (χ2v) is 4.57. The van der Waals surface area contributed by atoms with Crippen LogP contribution in [0.15, 0.2) is 48.5 Å². The Hall–Kier alpha value is -2.22. The van der Waals surface area contributed by atoms with Gasteiger partial charge in [0.05, 0.1) is 11.4 Å². The van der Waals surface area contributed by atoms with Crippen LogP contribution in [0.1, 0.15) is 17.5 Å². The van der Waals surface area contributed by atoms with Crippen molar-refractivity contribution in [2.24, 2.45) is 0 Å². The predicted octanol–water partition coefficient (Wildman–Crippen LogP) is 3.97. The normalized spacial score (nSPS) is 13.1. The molecule has 0 atom stereocenters. The van der Waals surface area contributed by atoms with Gasteiger partial charge in [-0.25, -0.2) is 0 Å². The summed E-state index contributed by atoms with van der Waals surface area (Å²) in [7, 11) is 0. The third-order valence-corrected chi connectivity index (χ3v) is 3.26. The molecule has 1 aliphatic rings. The van der Waals surface area contributed by atoms with Crippen LogP contribution < -0.4 is 11.1 Å². The van der Waals surface area contributed by atoms with Gasteiger partial charge in [0.25, 0.3) is 0 Å². The maximum Gasteiger partial charge on any atom is 0.0617 e. The van der Waals surface area contributed by atoms with E-state index in [0.29, 0.717) is 0 Å². The fourth-order valence-electron chi connectivity index (χ4n) is 2.28. The maximum atomic E-state index is 5.93. The van der Waals surface area contributed by atoms with Crippen LogP contribution >= 0.6 is 0 Å². The van der Waals surface area contributed by atoms with Crippen molar-refractivity contribution in [3.05, 3.63) is 59.7 Å². The molecular weight excluding hydrogens is 220 g/mol. The highest BCUT2D eigenvalue weighted by Crippen LogP contribution is 2.26. The Balaban J connectivity index is 1.90. The van der Waals surface area contributed by atoms with Crippen LogP contribution in [0.25, 0.3) is 6.08 Å². The first kappa shape index (κ1) is 10.9. The molecule has 3 rings (SSSR count). The van der Waals surface area contributed by atoms with Crippen LogP contribution in [0.3, 0.4) is 0 Å². The molecular formula is C16H16N2. The number of nitrogen functional groups attached to an aromatic ring is 1. The second-order valence-electron chi connectivity index (χ2n) is 4.57. The minimum absolute atomic E-state index is 0.773. The Morgan fingerprint density at radius 3 is 2.83 bits per heavy atom. The molecule has 0 unspecified atom stereocenters. The highest BCUT2D eigenvalue weighted by Gasteiger charge is 2.06. The van der Waals surface area contributed by atoms with Gasteiger partial charge in [0, 0.05) is 5.69 Å². The van der Waals surface area contributed by atoms with Gasteiger partial charge in [-0.05, 0) is 48.2 Å². The molecule has 0 amide bonds. The van der Waals surface area contributed by atoms with Crippen molar-refractivity contribution in [2.45, 2.75) is 12.8 Å². The Labute approximate surface area is 107 Å². The van der Waals surface area contributed by atoms with Crippen molar-refractivity contribution in [1.82, 2.24) is 0 Å². The number of rotatable bonds is 2. The molecule has 1 aliphatic carbocycles. The minimum Gasteiger partial charge on any atom is -0.397 e. The Morgan fingerprint density at radius 2 is 1.94 bits per heavy atom. The van der Waals surface area contributed by atoms with E-state index in [4.69, 9.17) is 5.73 Å². The van der Waals surface area contributed by atoms with Crippen molar-refractivity contribution in [2.75, 3.05) is 11.1 Å². The largest absolute Gasteiger partial charge is 0.397 e. The fourth-order valence-corrected chi connectivity index (χ4v) is 2.28. The highest BCUT2D eigenvalue weighted by atomic mass is 14.9. The van der Waals surface area contributed by atoms with Crippen molar-refractivity contribution in [1.29, 1.82) is 0 Å². The molecule has 90 valence electrons. The molecule has 2 aromatic rings. The van der Waals surface area contributed by atoms with Gasteiger partial charge in [0.2, 0.25) is 0 Å². The molecule has 0 saturated carbocycles. The predicted molar refractivity (Wildman–Crippen MR) is 77.9 cm³/mol. The molecule has 0 heterocycles. The maximum absolute atomic E-state index is 5.93. The van der Waals surface area contributed by atoms with E-state index in [-0.39, 0.29) is 0 Å². The molecule has 0 aliphatic heterocycles. The van der Waals surface area contributed by atoms with E-state index >= 15 is 0 Å². The van der Waals surface area contributed by atoms with Crippen molar-refractivity contribution in [3.8, 4) is 0 Å². The second kappa shape index (κ2) is 4.57. The molecule has 2 nitrogen and oxygen atoms in total. The SMILES string of the molecule is Nc1ccccc1Nc1ccc2c(c1)CCC=C2. The summed E-state index contributed by atoms with van der Waals surface area (Å²) in [4.78, 5) is 0. The van der Waals surface area contributed by atoms with Crippen molar-refractivity contribution >= 4 is 23.1 Å². The zero-order chi connectivity index (χ0) is 12.4. The number of aryl methyl sites for hydroxylation is 1. The highest BCUT2D eigenvalue weighted by molar-refractivity contribution is 5.73. The number of hydrogen-bond acceptors (Lipinski definition) is 2. The lowest BCUT2D eigenvalue weighted by atomic mass is 9.97. The number of allylic oxidation sites excluding steroid dienone is 1. The van der Waals surface area contributed by atoms with E-state index in [1.54, 1.807) is 0 Å². The minimum atomic E-state index is 0.773. The zero-order valence-corrected chi connectivity index (χ0v) is 10.2. The summed E-state index contributed by atoms with van der Waals surface area (Å²) in [6, 6.07) is 14.3. The quantitative estimate of drug-likeness (QED) is 0.774. The Morgan fingerprint density at radius 1 is 1.06 bits per heavy atom. The topological polar surface area (TPSA) is 38.0 Å². The van der Waals surface area contributed by atoms with Crippen LogP contribution in [0.2, 0.25) is 0 Å². The summed E-state index contributed by atoms with van der Waals surface area (Å²) in [6.45, 7) is 0. The van der Waals surface area contributed by atoms with Gasteiger partial charge < -0.3 is 11.1 Å². The number of fused-ring (bicyclic) bond motifs is 1. The van der Waals surface area contributed by atoms with Crippen LogP contribution in [0, 0.1) is 0 Å². The van der Waals surface area contributed by atoms with Gasteiger partial charge in [0.1, 0.15) is 0 Å². The molecule has 2 heteroatoms. The number of benzene rings is 2. The van der Waals surface area contributed by atoms with E-state index in [9.17, 15) is 0 Å². The van der Waals surface area contributed by atoms with E-state index in [1.807, 2.05) is 24.3 Å². The third kappa shape index (κ3) is 2.09. The summed E-state index contributed by atoms with van der Waals surface area (Å²) in [6.07, 6.45) is 6.67. The molecule has 0 fully saturated rings. The summed E-state index contributed by atoms with van der Waals surface area (Å²) < 4.78 is 0. The lowest BCUT2D eigenvalue weighted by Gasteiger charge is -2.14. The summed E-state index contributed by atoms with van der Waals surface area (Å²) in [5.41, 5.74) is 11.5. The van der Waals surface area contributed by atoms with E-state index in [1.165, 1.54) is 11.1 Å². The summed E-state index contributed by atoms with van der Waals surface area (Å²) in [5.74, 6) is 0. The number of para-hydroxylation sites is 2. The average molecular weight is 236 g/mol. The fraction of sp³-hybridized carbons (Fsp3) is 0.125.